The van der Waals surface area contributed by atoms with E-state index in [0.717, 1.165) is 27.1 Å². The summed E-state index contributed by atoms with van der Waals surface area (Å²) in [6, 6.07) is 13.6. The third-order valence-electron chi connectivity index (χ3n) is 3.17. The predicted molar refractivity (Wildman–Crippen MR) is 89.0 cm³/mol. The van der Waals surface area contributed by atoms with E-state index < -0.39 is 0 Å². The summed E-state index contributed by atoms with van der Waals surface area (Å²) in [5.41, 5.74) is 8.42. The molecule has 0 aliphatic heterocycles. The van der Waals surface area contributed by atoms with Crippen molar-refractivity contribution in [1.82, 2.24) is 0 Å². The number of benzene rings is 2. The maximum Gasteiger partial charge on any atom is 0.161 e. The lowest BCUT2D eigenvalue weighted by atomic mass is 9.99. The zero-order valence-electron chi connectivity index (χ0n) is 12.3. The number of rotatable bonds is 6. The molecular weight excluding hydrogens is 330 g/mol. The molecule has 3 nitrogen and oxygen atoms in total. The van der Waals surface area contributed by atoms with Crippen LogP contribution in [-0.4, -0.2) is 13.2 Å². The summed E-state index contributed by atoms with van der Waals surface area (Å²) >= 11 is 3.55. The first kappa shape index (κ1) is 15.9. The quantitative estimate of drug-likeness (QED) is 0.845. The molecule has 0 aromatic heterocycles. The first-order valence-corrected chi connectivity index (χ1v) is 7.86. The number of halogens is 1. The Morgan fingerprint density at radius 2 is 1.67 bits per heavy atom. The van der Waals surface area contributed by atoms with E-state index in [1.165, 1.54) is 0 Å². The van der Waals surface area contributed by atoms with E-state index in [-0.39, 0.29) is 6.04 Å². The van der Waals surface area contributed by atoms with Crippen molar-refractivity contribution in [1.29, 1.82) is 0 Å². The zero-order chi connectivity index (χ0) is 15.2. The summed E-state index contributed by atoms with van der Waals surface area (Å²) in [6.07, 6.45) is 0. The first-order valence-electron chi connectivity index (χ1n) is 7.06. The molecule has 21 heavy (non-hydrogen) atoms. The Hall–Kier alpha value is -1.52. The van der Waals surface area contributed by atoms with Crippen molar-refractivity contribution in [2.24, 2.45) is 5.73 Å². The van der Waals surface area contributed by atoms with Crippen LogP contribution in [0.4, 0.5) is 0 Å². The SMILES string of the molecule is CCOc1ccc(C(N)c2ccccc2Br)cc1OCC. The van der Waals surface area contributed by atoms with Gasteiger partial charge in [0.2, 0.25) is 0 Å². The number of nitrogens with two attached hydrogens (primary N) is 1. The molecule has 2 N–H and O–H groups in total. The maximum atomic E-state index is 6.38. The second-order valence-corrected chi connectivity index (χ2v) is 5.43. The van der Waals surface area contributed by atoms with Crippen LogP contribution in [0.1, 0.15) is 31.0 Å². The Morgan fingerprint density at radius 3 is 2.33 bits per heavy atom. The second kappa shape index (κ2) is 7.48. The fraction of sp³-hybridized carbons (Fsp3) is 0.294. The summed E-state index contributed by atoms with van der Waals surface area (Å²) in [5, 5.41) is 0. The van der Waals surface area contributed by atoms with E-state index in [2.05, 4.69) is 15.9 Å². The minimum atomic E-state index is -0.213. The van der Waals surface area contributed by atoms with E-state index >= 15 is 0 Å². The Morgan fingerprint density at radius 1 is 1.00 bits per heavy atom. The van der Waals surface area contributed by atoms with Crippen LogP contribution in [-0.2, 0) is 0 Å². The van der Waals surface area contributed by atoms with E-state index in [1.54, 1.807) is 0 Å². The number of ether oxygens (including phenoxy) is 2. The molecule has 0 heterocycles. The van der Waals surface area contributed by atoms with Crippen LogP contribution in [0.5, 0.6) is 11.5 Å². The summed E-state index contributed by atoms with van der Waals surface area (Å²) < 4.78 is 12.2. The van der Waals surface area contributed by atoms with E-state index in [4.69, 9.17) is 15.2 Å². The smallest absolute Gasteiger partial charge is 0.161 e. The van der Waals surface area contributed by atoms with Crippen LogP contribution in [0.2, 0.25) is 0 Å². The number of hydrogen-bond acceptors (Lipinski definition) is 3. The van der Waals surface area contributed by atoms with Crippen molar-refractivity contribution in [3.05, 3.63) is 58.1 Å². The molecule has 0 radical (unpaired) electrons. The van der Waals surface area contributed by atoms with Gasteiger partial charge in [-0.05, 0) is 43.2 Å². The molecule has 2 rings (SSSR count). The number of hydrogen-bond donors (Lipinski definition) is 1. The van der Waals surface area contributed by atoms with Crippen molar-refractivity contribution in [2.45, 2.75) is 19.9 Å². The molecule has 0 saturated carbocycles. The molecule has 4 heteroatoms. The van der Waals surface area contributed by atoms with Gasteiger partial charge in [-0.2, -0.15) is 0 Å². The van der Waals surface area contributed by atoms with Gasteiger partial charge in [-0.1, -0.05) is 40.2 Å². The highest BCUT2D eigenvalue weighted by Crippen LogP contribution is 2.33. The van der Waals surface area contributed by atoms with Crippen molar-refractivity contribution < 1.29 is 9.47 Å². The third-order valence-corrected chi connectivity index (χ3v) is 3.89. The van der Waals surface area contributed by atoms with Gasteiger partial charge in [0.25, 0.3) is 0 Å². The molecule has 0 fully saturated rings. The summed E-state index contributed by atoms with van der Waals surface area (Å²) in [5.74, 6) is 1.49. The van der Waals surface area contributed by atoms with Crippen LogP contribution in [0.15, 0.2) is 46.9 Å². The van der Waals surface area contributed by atoms with Crippen molar-refractivity contribution in [3.8, 4) is 11.5 Å². The highest BCUT2D eigenvalue weighted by Gasteiger charge is 2.14. The highest BCUT2D eigenvalue weighted by atomic mass is 79.9. The lowest BCUT2D eigenvalue weighted by Crippen LogP contribution is -2.13. The third kappa shape index (κ3) is 3.77. The molecule has 112 valence electrons. The fourth-order valence-corrected chi connectivity index (χ4v) is 2.70. The van der Waals surface area contributed by atoms with Crippen LogP contribution in [0.3, 0.4) is 0 Å². The minimum Gasteiger partial charge on any atom is -0.490 e. The van der Waals surface area contributed by atoms with Gasteiger partial charge >= 0.3 is 0 Å². The molecule has 0 aliphatic rings. The highest BCUT2D eigenvalue weighted by molar-refractivity contribution is 9.10. The van der Waals surface area contributed by atoms with Crippen molar-refractivity contribution in [3.63, 3.8) is 0 Å². The minimum absolute atomic E-state index is 0.213. The maximum absolute atomic E-state index is 6.38. The summed E-state index contributed by atoms with van der Waals surface area (Å²) in [6.45, 7) is 5.11. The van der Waals surface area contributed by atoms with Crippen molar-refractivity contribution in [2.75, 3.05) is 13.2 Å². The molecule has 1 unspecified atom stereocenters. The van der Waals surface area contributed by atoms with Gasteiger partial charge in [0.15, 0.2) is 11.5 Å². The molecule has 0 saturated heterocycles. The van der Waals surface area contributed by atoms with Crippen LogP contribution in [0, 0.1) is 0 Å². The predicted octanol–water partition coefficient (Wildman–Crippen LogP) is 4.29. The average molecular weight is 350 g/mol. The lowest BCUT2D eigenvalue weighted by Gasteiger charge is -2.17. The van der Waals surface area contributed by atoms with Crippen molar-refractivity contribution >= 4 is 15.9 Å². The topological polar surface area (TPSA) is 44.5 Å². The molecule has 0 spiro atoms. The van der Waals surface area contributed by atoms with E-state index in [9.17, 15) is 0 Å². The van der Waals surface area contributed by atoms with Gasteiger partial charge < -0.3 is 15.2 Å². The Kier molecular flexibility index (Phi) is 5.65. The molecule has 0 amide bonds. The Labute approximate surface area is 134 Å². The molecule has 2 aromatic rings. The molecule has 1 atom stereocenters. The molecular formula is C17H20BrNO2. The average Bonchev–Trinajstić information content (AvgIpc) is 2.49. The molecule has 0 bridgehead atoms. The van der Waals surface area contributed by atoms with Gasteiger partial charge in [0.05, 0.1) is 19.3 Å². The van der Waals surface area contributed by atoms with Gasteiger partial charge in [-0.3, -0.25) is 0 Å². The summed E-state index contributed by atoms with van der Waals surface area (Å²) in [4.78, 5) is 0. The normalized spacial score (nSPS) is 12.0. The van der Waals surface area contributed by atoms with Crippen LogP contribution in [0.25, 0.3) is 0 Å². The second-order valence-electron chi connectivity index (χ2n) is 4.57. The van der Waals surface area contributed by atoms with E-state index in [1.807, 2.05) is 56.3 Å². The first-order chi connectivity index (χ1) is 10.2. The van der Waals surface area contributed by atoms with Gasteiger partial charge in [0, 0.05) is 4.47 Å². The van der Waals surface area contributed by atoms with Gasteiger partial charge in [0.1, 0.15) is 0 Å². The van der Waals surface area contributed by atoms with E-state index in [0.29, 0.717) is 13.2 Å². The Bertz CT molecular complexity index is 601. The van der Waals surface area contributed by atoms with Crippen LogP contribution < -0.4 is 15.2 Å². The Balaban J connectivity index is 2.35. The zero-order valence-corrected chi connectivity index (χ0v) is 13.9. The van der Waals surface area contributed by atoms with Gasteiger partial charge in [-0.25, -0.2) is 0 Å². The molecule has 0 aliphatic carbocycles. The van der Waals surface area contributed by atoms with Crippen LogP contribution >= 0.6 is 15.9 Å². The fourth-order valence-electron chi connectivity index (χ4n) is 2.17. The summed E-state index contributed by atoms with van der Waals surface area (Å²) in [7, 11) is 0. The van der Waals surface area contributed by atoms with Gasteiger partial charge in [-0.15, -0.1) is 0 Å². The largest absolute Gasteiger partial charge is 0.490 e. The monoisotopic (exact) mass is 349 g/mol. The lowest BCUT2D eigenvalue weighted by molar-refractivity contribution is 0.287. The standard InChI is InChI=1S/C17H20BrNO2/c1-3-20-15-10-9-12(11-16(15)21-4-2)17(19)13-7-5-6-8-14(13)18/h5-11,17H,3-4,19H2,1-2H3. The molecule has 2 aromatic carbocycles.